The fraction of sp³-hybridized carbons (Fsp3) is 0.222. The third-order valence-corrected chi connectivity index (χ3v) is 6.11. The van der Waals surface area contributed by atoms with Gasteiger partial charge in [0.1, 0.15) is 0 Å². The second kappa shape index (κ2) is 6.75. The number of amides is 1. The van der Waals surface area contributed by atoms with Crippen LogP contribution in [0.2, 0.25) is 0 Å². The van der Waals surface area contributed by atoms with E-state index in [0.717, 1.165) is 16.9 Å². The van der Waals surface area contributed by atoms with Gasteiger partial charge in [0.05, 0.1) is 10.4 Å². The van der Waals surface area contributed by atoms with Crippen LogP contribution in [0.25, 0.3) is 22.1 Å². The molecule has 1 aliphatic rings. The molecule has 9 heteroatoms. The molecule has 136 valence electrons. The number of rotatable bonds is 4. The minimum atomic E-state index is -0.134. The van der Waals surface area contributed by atoms with Crippen molar-refractivity contribution in [1.29, 1.82) is 0 Å². The van der Waals surface area contributed by atoms with Gasteiger partial charge in [0.25, 0.3) is 11.8 Å². The number of carbonyl (C=O) groups is 1. The van der Waals surface area contributed by atoms with Crippen LogP contribution < -0.4 is 0 Å². The Labute approximate surface area is 162 Å². The summed E-state index contributed by atoms with van der Waals surface area (Å²) >= 11 is 3.13. The van der Waals surface area contributed by atoms with Crippen LogP contribution in [-0.4, -0.2) is 39.2 Å². The van der Waals surface area contributed by atoms with Gasteiger partial charge >= 0.3 is 0 Å². The van der Waals surface area contributed by atoms with Crippen molar-refractivity contribution in [3.8, 4) is 22.1 Å². The Balaban J connectivity index is 1.29. The number of hydrogen-bond donors (Lipinski definition) is 0. The van der Waals surface area contributed by atoms with Crippen LogP contribution in [0.15, 0.2) is 49.5 Å². The summed E-state index contributed by atoms with van der Waals surface area (Å²) in [5.74, 6) is 1.71. The number of aromatic nitrogens is 3. The van der Waals surface area contributed by atoms with Crippen LogP contribution in [-0.2, 0) is 0 Å². The quantitative estimate of drug-likeness (QED) is 0.513. The van der Waals surface area contributed by atoms with Crippen molar-refractivity contribution >= 4 is 28.6 Å². The Kier molecular flexibility index (Phi) is 4.10. The number of nitrogens with zero attached hydrogens (tertiary/aromatic N) is 4. The van der Waals surface area contributed by atoms with Crippen LogP contribution in [0.4, 0.5) is 0 Å². The lowest BCUT2D eigenvalue weighted by molar-refractivity contribution is 0.0780. The predicted octanol–water partition coefficient (Wildman–Crippen LogP) is 4.14. The Morgan fingerprint density at radius 2 is 2.19 bits per heavy atom. The van der Waals surface area contributed by atoms with E-state index in [1.165, 1.54) is 0 Å². The summed E-state index contributed by atoms with van der Waals surface area (Å²) in [6.07, 6.45) is 0.796. The summed E-state index contributed by atoms with van der Waals surface area (Å²) in [4.78, 5) is 20.0. The topological polar surface area (TPSA) is 85.3 Å². The highest BCUT2D eigenvalue weighted by Crippen LogP contribution is 2.30. The number of hydrogen-bond acceptors (Lipinski definition) is 8. The molecule has 0 radical (unpaired) electrons. The molecule has 1 amide bonds. The highest BCUT2D eigenvalue weighted by atomic mass is 32.1. The van der Waals surface area contributed by atoms with Gasteiger partial charge in [-0.05, 0) is 29.3 Å². The SMILES string of the molecule is O=C(c1cc(-c2cccs2)on1)N1CC[C@H](c2noc(-c3ccsc3)n2)C1. The molecule has 0 saturated carbocycles. The third-order valence-electron chi connectivity index (χ3n) is 4.54. The molecule has 4 aromatic rings. The van der Waals surface area contributed by atoms with Gasteiger partial charge < -0.3 is 13.9 Å². The standard InChI is InChI=1S/C18H14N4O3S2/c23-18(13-8-14(24-20-13)15-2-1-6-27-15)22-5-3-11(9-22)16-19-17(25-21-16)12-4-7-26-10-12/h1-2,4,6-8,10-11H,3,5,9H2/t11-/m0/s1. The Hall–Kier alpha value is -2.78. The maximum atomic E-state index is 12.7. The van der Waals surface area contributed by atoms with Gasteiger partial charge in [-0.3, -0.25) is 4.79 Å². The van der Waals surface area contributed by atoms with Gasteiger partial charge in [-0.1, -0.05) is 16.4 Å². The van der Waals surface area contributed by atoms with E-state index in [2.05, 4.69) is 15.3 Å². The van der Waals surface area contributed by atoms with Crippen molar-refractivity contribution in [1.82, 2.24) is 20.2 Å². The first-order chi connectivity index (χ1) is 13.3. The lowest BCUT2D eigenvalue weighted by Crippen LogP contribution is -2.28. The van der Waals surface area contributed by atoms with Crippen molar-refractivity contribution in [3.05, 3.63) is 51.9 Å². The highest BCUT2D eigenvalue weighted by molar-refractivity contribution is 7.13. The zero-order valence-corrected chi connectivity index (χ0v) is 15.7. The maximum absolute atomic E-state index is 12.7. The summed E-state index contributed by atoms with van der Waals surface area (Å²) in [5.41, 5.74) is 1.25. The van der Waals surface area contributed by atoms with Crippen LogP contribution in [0.3, 0.4) is 0 Å². The van der Waals surface area contributed by atoms with Crippen molar-refractivity contribution in [2.75, 3.05) is 13.1 Å². The van der Waals surface area contributed by atoms with Gasteiger partial charge in [-0.15, -0.1) is 11.3 Å². The number of thiophene rings is 2. The molecule has 0 spiro atoms. The molecule has 1 saturated heterocycles. The normalized spacial score (nSPS) is 16.9. The van der Waals surface area contributed by atoms with Crippen molar-refractivity contribution in [2.45, 2.75) is 12.3 Å². The molecule has 27 heavy (non-hydrogen) atoms. The summed E-state index contributed by atoms with van der Waals surface area (Å²) in [5, 5.41) is 13.9. The second-order valence-electron chi connectivity index (χ2n) is 6.26. The molecule has 0 unspecified atom stereocenters. The fourth-order valence-electron chi connectivity index (χ4n) is 3.13. The van der Waals surface area contributed by atoms with E-state index in [9.17, 15) is 4.79 Å². The monoisotopic (exact) mass is 398 g/mol. The summed E-state index contributed by atoms with van der Waals surface area (Å²) < 4.78 is 10.7. The minimum absolute atomic E-state index is 0.0637. The average Bonchev–Trinajstić information content (AvgIpc) is 3.50. The molecular formula is C18H14N4O3S2. The summed E-state index contributed by atoms with van der Waals surface area (Å²) in [7, 11) is 0. The van der Waals surface area contributed by atoms with Crippen LogP contribution in [0.5, 0.6) is 0 Å². The van der Waals surface area contributed by atoms with Crippen LogP contribution in [0, 0.1) is 0 Å². The molecule has 0 bridgehead atoms. The molecule has 4 aromatic heterocycles. The zero-order valence-electron chi connectivity index (χ0n) is 14.1. The van der Waals surface area contributed by atoms with Crippen molar-refractivity contribution < 1.29 is 13.8 Å². The third kappa shape index (κ3) is 3.08. The van der Waals surface area contributed by atoms with Crippen molar-refractivity contribution in [3.63, 3.8) is 0 Å². The van der Waals surface area contributed by atoms with E-state index in [-0.39, 0.29) is 11.8 Å². The van der Waals surface area contributed by atoms with Crippen molar-refractivity contribution in [2.24, 2.45) is 0 Å². The molecule has 1 atom stereocenters. The maximum Gasteiger partial charge on any atom is 0.276 e. The highest BCUT2D eigenvalue weighted by Gasteiger charge is 2.32. The van der Waals surface area contributed by atoms with Gasteiger partial charge in [-0.2, -0.15) is 16.3 Å². The summed E-state index contributed by atoms with van der Waals surface area (Å²) in [6, 6.07) is 7.52. The number of carbonyl (C=O) groups excluding carboxylic acids is 1. The van der Waals surface area contributed by atoms with Crippen LogP contribution in [0.1, 0.15) is 28.7 Å². The van der Waals surface area contributed by atoms with E-state index < -0.39 is 0 Å². The minimum Gasteiger partial charge on any atom is -0.355 e. The molecule has 0 aliphatic carbocycles. The molecular weight excluding hydrogens is 384 g/mol. The molecule has 7 nitrogen and oxygen atoms in total. The van der Waals surface area contributed by atoms with E-state index >= 15 is 0 Å². The molecule has 1 aliphatic heterocycles. The van der Waals surface area contributed by atoms with E-state index in [0.29, 0.717) is 36.3 Å². The molecule has 0 N–H and O–H groups in total. The largest absolute Gasteiger partial charge is 0.355 e. The lowest BCUT2D eigenvalue weighted by Gasteiger charge is -2.13. The summed E-state index contributed by atoms with van der Waals surface area (Å²) in [6.45, 7) is 1.18. The molecule has 0 aromatic carbocycles. The first kappa shape index (κ1) is 16.4. The van der Waals surface area contributed by atoms with Gasteiger partial charge in [0.2, 0.25) is 0 Å². The first-order valence-corrected chi connectivity index (χ1v) is 10.3. The van der Waals surface area contributed by atoms with Gasteiger partial charge in [0.15, 0.2) is 17.3 Å². The van der Waals surface area contributed by atoms with E-state index in [1.54, 1.807) is 33.6 Å². The predicted molar refractivity (Wildman–Crippen MR) is 101 cm³/mol. The fourth-order valence-corrected chi connectivity index (χ4v) is 4.44. The molecule has 5 heterocycles. The Morgan fingerprint density at radius 3 is 3.00 bits per heavy atom. The number of likely N-dealkylation sites (tertiary alicyclic amines) is 1. The molecule has 5 rings (SSSR count). The first-order valence-electron chi connectivity index (χ1n) is 8.44. The Bertz CT molecular complexity index is 1050. The Morgan fingerprint density at radius 1 is 1.22 bits per heavy atom. The van der Waals surface area contributed by atoms with Crippen LogP contribution >= 0.6 is 22.7 Å². The average molecular weight is 398 g/mol. The second-order valence-corrected chi connectivity index (χ2v) is 7.99. The lowest BCUT2D eigenvalue weighted by atomic mass is 10.1. The van der Waals surface area contributed by atoms with E-state index in [4.69, 9.17) is 9.05 Å². The smallest absolute Gasteiger partial charge is 0.276 e. The van der Waals surface area contributed by atoms with E-state index in [1.807, 2.05) is 34.3 Å². The molecule has 1 fully saturated rings. The zero-order chi connectivity index (χ0) is 18.2. The van der Waals surface area contributed by atoms with Gasteiger partial charge in [0, 0.05) is 30.5 Å². The van der Waals surface area contributed by atoms with Gasteiger partial charge in [-0.25, -0.2) is 0 Å².